The molecule has 2 N–H and O–H groups in total. The van der Waals surface area contributed by atoms with Gasteiger partial charge in [0.1, 0.15) is 6.54 Å². The minimum Gasteiger partial charge on any atom is -0.379 e. The Kier molecular flexibility index (Phi) is 12.1. The molecule has 176 valence electrons. The molecule has 0 bridgehead atoms. The summed E-state index contributed by atoms with van der Waals surface area (Å²) >= 11 is 1.81. The second-order valence-corrected chi connectivity index (χ2v) is 8.97. The lowest BCUT2D eigenvalue weighted by atomic mass is 10.2. The number of carbonyl (C=O) groups excluding carboxylic acids is 1. The molecular formula is C21H37IN6O2S. The number of thiophene rings is 1. The Morgan fingerprint density at radius 3 is 2.61 bits per heavy atom. The van der Waals surface area contributed by atoms with Gasteiger partial charge < -0.3 is 20.3 Å². The molecule has 1 unspecified atom stereocenters. The quantitative estimate of drug-likeness (QED) is 0.269. The van der Waals surface area contributed by atoms with Crippen molar-refractivity contribution >= 4 is 47.2 Å². The fourth-order valence-electron chi connectivity index (χ4n) is 3.76. The monoisotopic (exact) mass is 564 g/mol. The van der Waals surface area contributed by atoms with Gasteiger partial charge in [0.2, 0.25) is 5.91 Å². The molecule has 1 atom stereocenters. The molecule has 8 nitrogen and oxygen atoms in total. The Hall–Kier alpha value is -0.950. The minimum absolute atomic E-state index is 0. The number of hydrogen-bond donors (Lipinski definition) is 2. The van der Waals surface area contributed by atoms with Gasteiger partial charge in [0.15, 0.2) is 5.96 Å². The number of guanidine groups is 1. The molecule has 2 fully saturated rings. The summed E-state index contributed by atoms with van der Waals surface area (Å²) in [7, 11) is 3.52. The van der Waals surface area contributed by atoms with Gasteiger partial charge in [-0.2, -0.15) is 0 Å². The summed E-state index contributed by atoms with van der Waals surface area (Å²) in [6.07, 6.45) is 2.52. The minimum atomic E-state index is -0.00127. The van der Waals surface area contributed by atoms with E-state index in [1.54, 1.807) is 19.0 Å². The number of likely N-dealkylation sites (tertiary alicyclic amines) is 1. The molecule has 0 spiro atoms. The number of carbonyl (C=O) groups is 1. The highest BCUT2D eigenvalue weighted by Gasteiger charge is 2.24. The molecule has 0 saturated carbocycles. The van der Waals surface area contributed by atoms with E-state index in [1.807, 2.05) is 11.3 Å². The number of nitrogens with one attached hydrogen (secondary N) is 2. The molecule has 1 aromatic heterocycles. The summed E-state index contributed by atoms with van der Waals surface area (Å²) in [5, 5.41) is 9.07. The lowest BCUT2D eigenvalue weighted by Crippen LogP contribution is -2.46. The van der Waals surface area contributed by atoms with Crippen molar-refractivity contribution < 1.29 is 9.53 Å². The molecule has 0 aliphatic carbocycles. The van der Waals surface area contributed by atoms with E-state index in [4.69, 9.17) is 4.74 Å². The van der Waals surface area contributed by atoms with Crippen LogP contribution in [0.25, 0.3) is 0 Å². The third-order valence-corrected chi connectivity index (χ3v) is 6.58. The molecule has 1 amide bonds. The van der Waals surface area contributed by atoms with E-state index in [9.17, 15) is 4.79 Å². The molecule has 31 heavy (non-hydrogen) atoms. The number of ether oxygens (including phenoxy) is 1. The lowest BCUT2D eigenvalue weighted by Gasteiger charge is -2.28. The van der Waals surface area contributed by atoms with Crippen LogP contribution in [0.2, 0.25) is 0 Å². The summed E-state index contributed by atoms with van der Waals surface area (Å²) in [6, 6.07) is 4.67. The number of halogens is 1. The molecule has 0 aromatic carbocycles. The van der Waals surface area contributed by atoms with Gasteiger partial charge in [-0.15, -0.1) is 35.3 Å². The van der Waals surface area contributed by atoms with Crippen LogP contribution in [0.1, 0.15) is 23.8 Å². The van der Waals surface area contributed by atoms with Crippen LogP contribution in [0.3, 0.4) is 0 Å². The third kappa shape index (κ3) is 8.83. The number of morpholine rings is 1. The van der Waals surface area contributed by atoms with Crippen LogP contribution >= 0.6 is 35.3 Å². The Morgan fingerprint density at radius 2 is 1.97 bits per heavy atom. The van der Waals surface area contributed by atoms with Crippen LogP contribution in [0.5, 0.6) is 0 Å². The maximum atomic E-state index is 12.0. The number of amides is 1. The largest absolute Gasteiger partial charge is 0.379 e. The van der Waals surface area contributed by atoms with Gasteiger partial charge in [-0.3, -0.25) is 14.6 Å². The standard InChI is InChI=1S/C21H36N6O2S.HI/c1-25(2)20(28)17-24-21(22-7-10-26-11-13-29-14-12-26)23-16-18(19-6-5-15-30-19)27-8-3-4-9-27;/h5-6,15,18H,3-4,7-14,16-17H2,1-2H3,(H2,22,23,24);1H. The highest BCUT2D eigenvalue weighted by Crippen LogP contribution is 2.27. The van der Waals surface area contributed by atoms with Crippen LogP contribution in [-0.2, 0) is 9.53 Å². The Balaban J connectivity index is 0.00000341. The predicted molar refractivity (Wildman–Crippen MR) is 138 cm³/mol. The van der Waals surface area contributed by atoms with Crippen LogP contribution in [0.4, 0.5) is 0 Å². The fourth-order valence-corrected chi connectivity index (χ4v) is 4.62. The average Bonchev–Trinajstić information content (AvgIpc) is 3.47. The molecule has 3 rings (SSSR count). The highest BCUT2D eigenvalue weighted by molar-refractivity contribution is 14.0. The van der Waals surface area contributed by atoms with E-state index < -0.39 is 0 Å². The second-order valence-electron chi connectivity index (χ2n) is 7.99. The summed E-state index contributed by atoms with van der Waals surface area (Å²) in [6.45, 7) is 8.46. The molecule has 2 aliphatic heterocycles. The van der Waals surface area contributed by atoms with Crippen molar-refractivity contribution in [3.63, 3.8) is 0 Å². The lowest BCUT2D eigenvalue weighted by molar-refractivity contribution is -0.127. The van der Waals surface area contributed by atoms with Crippen LogP contribution in [-0.4, -0.2) is 106 Å². The highest BCUT2D eigenvalue weighted by atomic mass is 127. The van der Waals surface area contributed by atoms with E-state index in [1.165, 1.54) is 17.7 Å². The van der Waals surface area contributed by atoms with E-state index in [2.05, 4.69) is 42.9 Å². The molecule has 0 radical (unpaired) electrons. The second kappa shape index (κ2) is 14.2. The van der Waals surface area contributed by atoms with Gasteiger partial charge in [-0.25, -0.2) is 4.99 Å². The van der Waals surface area contributed by atoms with Crippen LogP contribution in [0, 0.1) is 0 Å². The molecule has 1 aromatic rings. The first-order valence-corrected chi connectivity index (χ1v) is 11.8. The van der Waals surface area contributed by atoms with Gasteiger partial charge in [-0.05, 0) is 37.4 Å². The zero-order valence-electron chi connectivity index (χ0n) is 18.7. The number of likely N-dealkylation sites (N-methyl/N-ethyl adjacent to an activating group) is 1. The van der Waals surface area contributed by atoms with E-state index >= 15 is 0 Å². The topological polar surface area (TPSA) is 72.4 Å². The molecule has 10 heteroatoms. The van der Waals surface area contributed by atoms with Gasteiger partial charge in [0.05, 0.1) is 19.3 Å². The zero-order chi connectivity index (χ0) is 21.2. The van der Waals surface area contributed by atoms with E-state index in [-0.39, 0.29) is 36.4 Å². The van der Waals surface area contributed by atoms with Crippen molar-refractivity contribution in [2.24, 2.45) is 4.99 Å². The van der Waals surface area contributed by atoms with Crippen molar-refractivity contribution in [3.05, 3.63) is 22.4 Å². The third-order valence-electron chi connectivity index (χ3n) is 5.61. The van der Waals surface area contributed by atoms with Crippen molar-refractivity contribution in [2.75, 3.05) is 79.7 Å². The predicted octanol–water partition coefficient (Wildman–Crippen LogP) is 1.46. The Morgan fingerprint density at radius 1 is 1.23 bits per heavy atom. The van der Waals surface area contributed by atoms with E-state index in [0.717, 1.165) is 59.0 Å². The van der Waals surface area contributed by atoms with E-state index in [0.29, 0.717) is 12.0 Å². The summed E-state index contributed by atoms with van der Waals surface area (Å²) in [5.74, 6) is 0.706. The summed E-state index contributed by atoms with van der Waals surface area (Å²) in [4.78, 5) is 24.5. The average molecular weight is 565 g/mol. The molecule has 3 heterocycles. The van der Waals surface area contributed by atoms with Crippen molar-refractivity contribution in [1.82, 2.24) is 25.3 Å². The Bertz CT molecular complexity index is 661. The SMILES string of the molecule is CN(C)C(=O)CN=C(NCCN1CCOCC1)NCC(c1cccs1)N1CCCC1.I. The van der Waals surface area contributed by atoms with Gasteiger partial charge in [-0.1, -0.05) is 6.07 Å². The summed E-state index contributed by atoms with van der Waals surface area (Å²) in [5.41, 5.74) is 0. The smallest absolute Gasteiger partial charge is 0.243 e. The first kappa shape index (κ1) is 26.3. The number of rotatable bonds is 9. The van der Waals surface area contributed by atoms with Crippen molar-refractivity contribution in [3.8, 4) is 0 Å². The molecule has 2 saturated heterocycles. The number of hydrogen-bond acceptors (Lipinski definition) is 6. The Labute approximate surface area is 207 Å². The first-order chi connectivity index (χ1) is 14.6. The summed E-state index contributed by atoms with van der Waals surface area (Å²) < 4.78 is 5.42. The van der Waals surface area contributed by atoms with Gasteiger partial charge in [0, 0.05) is 51.7 Å². The normalized spacial score (nSPS) is 19.0. The van der Waals surface area contributed by atoms with Crippen LogP contribution in [0.15, 0.2) is 22.5 Å². The maximum absolute atomic E-state index is 12.0. The molecular weight excluding hydrogens is 527 g/mol. The van der Waals surface area contributed by atoms with Gasteiger partial charge in [0.25, 0.3) is 0 Å². The van der Waals surface area contributed by atoms with Crippen molar-refractivity contribution in [1.29, 1.82) is 0 Å². The zero-order valence-corrected chi connectivity index (χ0v) is 21.9. The fraction of sp³-hybridized carbons (Fsp3) is 0.714. The molecule has 2 aliphatic rings. The number of aliphatic imine (C=N–C) groups is 1. The maximum Gasteiger partial charge on any atom is 0.243 e. The van der Waals surface area contributed by atoms with Crippen LogP contribution < -0.4 is 10.6 Å². The van der Waals surface area contributed by atoms with Crippen molar-refractivity contribution in [2.45, 2.75) is 18.9 Å². The first-order valence-electron chi connectivity index (χ1n) is 10.9. The van der Waals surface area contributed by atoms with Gasteiger partial charge >= 0.3 is 0 Å². The number of nitrogens with zero attached hydrogens (tertiary/aromatic N) is 4.